The Morgan fingerprint density at radius 3 is 2.53 bits per heavy atom. The van der Waals surface area contributed by atoms with Gasteiger partial charge >= 0.3 is 5.97 Å². The van der Waals surface area contributed by atoms with Crippen molar-refractivity contribution in [1.82, 2.24) is 15.1 Å². The summed E-state index contributed by atoms with van der Waals surface area (Å²) in [6.45, 7) is 6.32. The molecule has 1 aliphatic heterocycles. The van der Waals surface area contributed by atoms with E-state index >= 15 is 0 Å². The summed E-state index contributed by atoms with van der Waals surface area (Å²) < 4.78 is 5.22. The van der Waals surface area contributed by atoms with Gasteiger partial charge in [-0.15, -0.1) is 11.3 Å². The molecule has 9 nitrogen and oxygen atoms in total. The molecule has 1 fully saturated rings. The first-order chi connectivity index (χ1) is 17.0. The number of rotatable bonds is 8. The maximum Gasteiger partial charge on any atom is 0.305 e. The van der Waals surface area contributed by atoms with Gasteiger partial charge in [-0.1, -0.05) is 32.9 Å². The second-order valence-corrected chi connectivity index (χ2v) is 11.0. The molecule has 2 unspecified atom stereocenters. The fraction of sp³-hybridized carbons (Fsp3) is 0.462. The van der Waals surface area contributed by atoms with Crippen molar-refractivity contribution in [3.05, 3.63) is 52.2 Å². The normalized spacial score (nSPS) is 16.8. The first kappa shape index (κ1) is 27.2. The second kappa shape index (κ2) is 11.6. The van der Waals surface area contributed by atoms with E-state index in [-0.39, 0.29) is 49.7 Å². The number of aliphatic carboxylic acids is 1. The lowest BCUT2D eigenvalue weighted by atomic mass is 9.91. The molecule has 1 aromatic carbocycles. The number of nitrogens with one attached hydrogen (secondary N) is 1. The van der Waals surface area contributed by atoms with Gasteiger partial charge in [-0.3, -0.25) is 19.2 Å². The molecular weight excluding hydrogens is 482 g/mol. The van der Waals surface area contributed by atoms with Gasteiger partial charge in [-0.25, -0.2) is 0 Å². The third kappa shape index (κ3) is 7.07. The Kier molecular flexibility index (Phi) is 8.73. The number of ether oxygens (including phenoxy) is 1. The number of hydrogen-bond acceptors (Lipinski definition) is 6. The second-order valence-electron chi connectivity index (χ2n) is 10.00. The molecule has 3 rings (SSSR count). The quantitative estimate of drug-likeness (QED) is 0.558. The van der Waals surface area contributed by atoms with Crippen molar-refractivity contribution in [3.8, 4) is 5.75 Å². The van der Waals surface area contributed by atoms with Crippen molar-refractivity contribution in [2.24, 2.45) is 5.41 Å². The Balaban J connectivity index is 1.85. The van der Waals surface area contributed by atoms with Gasteiger partial charge in [0.1, 0.15) is 11.8 Å². The number of carbonyl (C=O) groups excluding carboxylic acids is 3. The lowest BCUT2D eigenvalue weighted by Gasteiger charge is -2.41. The van der Waals surface area contributed by atoms with Crippen LogP contribution in [0, 0.1) is 5.41 Å². The number of amides is 3. The zero-order valence-corrected chi connectivity index (χ0v) is 21.8. The highest BCUT2D eigenvalue weighted by molar-refractivity contribution is 7.10. The lowest BCUT2D eigenvalue weighted by molar-refractivity contribution is -0.145. The minimum absolute atomic E-state index is 0.00198. The summed E-state index contributed by atoms with van der Waals surface area (Å²) in [4.78, 5) is 55.2. The van der Waals surface area contributed by atoms with Gasteiger partial charge in [-0.05, 0) is 35.1 Å². The van der Waals surface area contributed by atoms with Crippen LogP contribution in [0.5, 0.6) is 5.75 Å². The number of hydrogen-bond donors (Lipinski definition) is 2. The molecule has 2 heterocycles. The number of piperazine rings is 1. The fourth-order valence-electron chi connectivity index (χ4n) is 4.14. The van der Waals surface area contributed by atoms with E-state index in [1.165, 1.54) is 23.3 Å². The molecule has 0 saturated carbocycles. The third-order valence-corrected chi connectivity index (χ3v) is 6.86. The molecule has 194 valence electrons. The standard InChI is InChI=1S/C26H33N3O6S/c1-26(2,3)15-22(30)29-11-10-28(25(34)17-7-5-8-18(13-17)35-4)16-20(29)24(33)27-19(14-23(31)32)21-9-6-12-36-21/h5-9,12-13,19-20H,10-11,14-16H2,1-4H3,(H,27,33)(H,31,32). The van der Waals surface area contributed by atoms with Crippen LogP contribution in [-0.2, 0) is 14.4 Å². The molecule has 0 spiro atoms. The SMILES string of the molecule is COc1cccc(C(=O)N2CCN(C(=O)CC(C)(C)C)C(C(=O)NC(CC(=O)O)c3cccs3)C2)c1. The molecule has 2 aromatic rings. The average Bonchev–Trinajstić information content (AvgIpc) is 3.36. The highest BCUT2D eigenvalue weighted by Crippen LogP contribution is 2.26. The van der Waals surface area contributed by atoms with Crippen LogP contribution in [0.25, 0.3) is 0 Å². The molecule has 0 radical (unpaired) electrons. The van der Waals surface area contributed by atoms with Crippen LogP contribution in [0.1, 0.15) is 54.9 Å². The number of carboxylic acid groups (broad SMARTS) is 1. The van der Waals surface area contributed by atoms with Gasteiger partial charge in [0.05, 0.1) is 26.1 Å². The summed E-state index contributed by atoms with van der Waals surface area (Å²) in [7, 11) is 1.52. The first-order valence-electron chi connectivity index (χ1n) is 11.8. The van der Waals surface area contributed by atoms with Gasteiger partial charge in [-0.2, -0.15) is 0 Å². The van der Waals surface area contributed by atoms with Crippen molar-refractivity contribution in [3.63, 3.8) is 0 Å². The average molecular weight is 516 g/mol. The highest BCUT2D eigenvalue weighted by atomic mass is 32.1. The predicted octanol–water partition coefficient (Wildman–Crippen LogP) is 3.18. The number of carbonyl (C=O) groups is 4. The van der Waals surface area contributed by atoms with E-state index in [0.29, 0.717) is 16.2 Å². The minimum atomic E-state index is -1.05. The molecular formula is C26H33N3O6S. The smallest absolute Gasteiger partial charge is 0.305 e. The maximum absolute atomic E-state index is 13.5. The van der Waals surface area contributed by atoms with Crippen LogP contribution in [0.4, 0.5) is 0 Å². The van der Waals surface area contributed by atoms with Crippen LogP contribution < -0.4 is 10.1 Å². The van der Waals surface area contributed by atoms with E-state index in [0.717, 1.165) is 0 Å². The van der Waals surface area contributed by atoms with Gasteiger partial charge in [0, 0.05) is 30.0 Å². The number of methoxy groups -OCH3 is 1. The van der Waals surface area contributed by atoms with Gasteiger partial charge in [0.15, 0.2) is 0 Å². The van der Waals surface area contributed by atoms with Crippen molar-refractivity contribution >= 4 is 35.0 Å². The van der Waals surface area contributed by atoms with Gasteiger partial charge < -0.3 is 25.0 Å². The minimum Gasteiger partial charge on any atom is -0.497 e. The molecule has 1 aromatic heterocycles. The van der Waals surface area contributed by atoms with Crippen molar-refractivity contribution in [1.29, 1.82) is 0 Å². The Hall–Kier alpha value is -3.40. The predicted molar refractivity (Wildman–Crippen MR) is 136 cm³/mol. The number of thiophene rings is 1. The summed E-state index contributed by atoms with van der Waals surface area (Å²) in [5.74, 6) is -1.44. The van der Waals surface area contributed by atoms with Crippen LogP contribution >= 0.6 is 11.3 Å². The van der Waals surface area contributed by atoms with Gasteiger partial charge in [0.25, 0.3) is 5.91 Å². The fourth-order valence-corrected chi connectivity index (χ4v) is 4.92. The third-order valence-electron chi connectivity index (χ3n) is 5.87. The highest BCUT2D eigenvalue weighted by Gasteiger charge is 2.39. The monoisotopic (exact) mass is 515 g/mol. The molecule has 2 atom stereocenters. The Bertz CT molecular complexity index is 1100. The van der Waals surface area contributed by atoms with Crippen molar-refractivity contribution in [2.45, 2.75) is 45.7 Å². The summed E-state index contributed by atoms with van der Waals surface area (Å²) in [6.07, 6.45) is -0.0501. The van der Waals surface area contributed by atoms with Crippen molar-refractivity contribution in [2.75, 3.05) is 26.7 Å². The zero-order valence-electron chi connectivity index (χ0n) is 21.0. The van der Waals surface area contributed by atoms with Crippen LogP contribution in [0.15, 0.2) is 41.8 Å². The topological polar surface area (TPSA) is 116 Å². The Morgan fingerprint density at radius 2 is 1.92 bits per heavy atom. The largest absolute Gasteiger partial charge is 0.497 e. The van der Waals surface area contributed by atoms with Gasteiger partial charge in [0.2, 0.25) is 11.8 Å². The van der Waals surface area contributed by atoms with E-state index in [1.807, 2.05) is 26.2 Å². The summed E-state index contributed by atoms with van der Waals surface area (Å²) in [5.41, 5.74) is 0.138. The zero-order chi connectivity index (χ0) is 26.5. The summed E-state index contributed by atoms with van der Waals surface area (Å²) in [5, 5.41) is 14.0. The van der Waals surface area contributed by atoms with E-state index in [9.17, 15) is 24.3 Å². The van der Waals surface area contributed by atoms with E-state index in [2.05, 4.69) is 5.32 Å². The molecule has 36 heavy (non-hydrogen) atoms. The van der Waals surface area contributed by atoms with E-state index < -0.39 is 24.0 Å². The number of carboxylic acids is 1. The molecule has 10 heteroatoms. The summed E-state index contributed by atoms with van der Waals surface area (Å²) >= 11 is 1.35. The lowest BCUT2D eigenvalue weighted by Crippen LogP contribution is -2.62. The van der Waals surface area contributed by atoms with Crippen LogP contribution in [0.3, 0.4) is 0 Å². The molecule has 0 aliphatic carbocycles. The first-order valence-corrected chi connectivity index (χ1v) is 12.6. The Morgan fingerprint density at radius 1 is 1.17 bits per heavy atom. The van der Waals surface area contributed by atoms with E-state index in [1.54, 1.807) is 41.3 Å². The number of nitrogens with zero attached hydrogens (tertiary/aromatic N) is 2. The molecule has 3 amide bonds. The molecule has 1 aliphatic rings. The number of benzene rings is 1. The summed E-state index contributed by atoms with van der Waals surface area (Å²) in [6, 6.07) is 8.64. The Labute approximate surface area is 215 Å². The molecule has 1 saturated heterocycles. The maximum atomic E-state index is 13.5. The van der Waals surface area contributed by atoms with E-state index in [4.69, 9.17) is 4.74 Å². The van der Waals surface area contributed by atoms with Crippen LogP contribution in [-0.4, -0.2) is 71.4 Å². The van der Waals surface area contributed by atoms with Crippen molar-refractivity contribution < 1.29 is 29.0 Å². The van der Waals surface area contributed by atoms with Crippen LogP contribution in [0.2, 0.25) is 0 Å². The molecule has 2 N–H and O–H groups in total. The molecule has 0 bridgehead atoms.